The number of thiophene rings is 1. The maximum absolute atomic E-state index is 12.3. The lowest BCUT2D eigenvalue weighted by molar-refractivity contribution is 0.0951. The first-order valence-corrected chi connectivity index (χ1v) is 7.15. The normalized spacial score (nSPS) is 12.2. The average molecular weight is 284 g/mol. The zero-order chi connectivity index (χ0) is 13.9. The average Bonchev–Trinajstić information content (AvgIpc) is 3.17. The molecule has 100 valence electrons. The van der Waals surface area contributed by atoms with E-state index in [4.69, 9.17) is 4.52 Å². The fourth-order valence-corrected chi connectivity index (χ4v) is 2.52. The molecule has 0 aliphatic heterocycles. The number of ketones is 1. The predicted molar refractivity (Wildman–Crippen MR) is 76.8 cm³/mol. The summed E-state index contributed by atoms with van der Waals surface area (Å²) < 4.78 is 5.22. The molecule has 0 bridgehead atoms. The Kier molecular flexibility index (Phi) is 3.43. The predicted octanol–water partition coefficient (Wildman–Crippen LogP) is 3.78. The first-order valence-electron chi connectivity index (χ1n) is 6.21. The maximum Gasteiger partial charge on any atom is 0.237 e. The highest BCUT2D eigenvalue weighted by Gasteiger charge is 2.23. The van der Waals surface area contributed by atoms with Gasteiger partial charge in [0, 0.05) is 16.5 Å². The highest BCUT2D eigenvalue weighted by molar-refractivity contribution is 7.08. The molecule has 0 N–H and O–H groups in total. The lowest BCUT2D eigenvalue weighted by Crippen LogP contribution is -2.09. The molecule has 4 nitrogen and oxygen atoms in total. The fraction of sp³-hybridized carbons (Fsp3) is 0.133. The molecule has 0 radical (unpaired) electrons. The van der Waals surface area contributed by atoms with Gasteiger partial charge in [0.15, 0.2) is 5.78 Å². The standard InChI is InChI=1S/C15H12N2O2S/c1-10(13(18)11-5-3-2-4-6-11)15-16-14(17-19-15)12-7-8-20-9-12/h2-10H,1H3. The van der Waals surface area contributed by atoms with Crippen LogP contribution in [-0.2, 0) is 0 Å². The summed E-state index contributed by atoms with van der Waals surface area (Å²) in [5, 5.41) is 7.82. The molecular weight excluding hydrogens is 272 g/mol. The minimum atomic E-state index is -0.447. The van der Waals surface area contributed by atoms with Crippen molar-refractivity contribution in [2.45, 2.75) is 12.8 Å². The van der Waals surface area contributed by atoms with Gasteiger partial charge in [-0.1, -0.05) is 35.5 Å². The molecule has 2 heterocycles. The Hall–Kier alpha value is -2.27. The van der Waals surface area contributed by atoms with Gasteiger partial charge in [-0.15, -0.1) is 0 Å². The lowest BCUT2D eigenvalue weighted by Gasteiger charge is -2.04. The minimum absolute atomic E-state index is 0.0221. The van der Waals surface area contributed by atoms with Crippen molar-refractivity contribution >= 4 is 17.1 Å². The highest BCUT2D eigenvalue weighted by atomic mass is 32.1. The number of hydrogen-bond donors (Lipinski definition) is 0. The van der Waals surface area contributed by atoms with Crippen LogP contribution in [0.15, 0.2) is 51.7 Å². The highest BCUT2D eigenvalue weighted by Crippen LogP contribution is 2.23. The summed E-state index contributed by atoms with van der Waals surface area (Å²) in [7, 11) is 0. The number of carbonyl (C=O) groups is 1. The summed E-state index contributed by atoms with van der Waals surface area (Å²) in [5.41, 5.74) is 1.56. The van der Waals surface area contributed by atoms with E-state index in [-0.39, 0.29) is 5.78 Å². The summed E-state index contributed by atoms with van der Waals surface area (Å²) in [4.78, 5) is 16.6. The Morgan fingerprint density at radius 2 is 2.05 bits per heavy atom. The van der Waals surface area contributed by atoms with E-state index in [9.17, 15) is 4.79 Å². The molecule has 5 heteroatoms. The van der Waals surface area contributed by atoms with E-state index in [1.807, 2.05) is 35.0 Å². The number of benzene rings is 1. The zero-order valence-electron chi connectivity index (χ0n) is 10.8. The van der Waals surface area contributed by atoms with Crippen LogP contribution in [-0.4, -0.2) is 15.9 Å². The number of hydrogen-bond acceptors (Lipinski definition) is 5. The molecular formula is C15H12N2O2S. The van der Waals surface area contributed by atoms with Crippen LogP contribution < -0.4 is 0 Å². The number of rotatable bonds is 4. The molecule has 0 aliphatic carbocycles. The van der Waals surface area contributed by atoms with Gasteiger partial charge in [0.25, 0.3) is 0 Å². The van der Waals surface area contributed by atoms with Gasteiger partial charge in [0.05, 0.1) is 5.92 Å². The van der Waals surface area contributed by atoms with Gasteiger partial charge in [0.2, 0.25) is 11.7 Å². The second-order valence-electron chi connectivity index (χ2n) is 4.42. The Bertz CT molecular complexity index is 705. The first-order chi connectivity index (χ1) is 9.75. The third kappa shape index (κ3) is 2.40. The van der Waals surface area contributed by atoms with Crippen molar-refractivity contribution in [3.63, 3.8) is 0 Å². The molecule has 1 aromatic carbocycles. The van der Waals surface area contributed by atoms with Crippen LogP contribution in [0.1, 0.15) is 29.1 Å². The molecule has 2 aromatic heterocycles. The Morgan fingerprint density at radius 1 is 1.25 bits per heavy atom. The van der Waals surface area contributed by atoms with Gasteiger partial charge in [-0.05, 0) is 18.4 Å². The molecule has 0 saturated carbocycles. The second kappa shape index (κ2) is 5.38. The van der Waals surface area contributed by atoms with Crippen molar-refractivity contribution in [2.24, 2.45) is 0 Å². The third-order valence-electron chi connectivity index (χ3n) is 3.04. The van der Waals surface area contributed by atoms with Crippen molar-refractivity contribution in [3.05, 3.63) is 58.6 Å². The van der Waals surface area contributed by atoms with E-state index in [1.165, 1.54) is 0 Å². The van der Waals surface area contributed by atoms with Crippen molar-refractivity contribution in [1.29, 1.82) is 0 Å². The number of nitrogens with zero attached hydrogens (tertiary/aromatic N) is 2. The van der Waals surface area contributed by atoms with E-state index in [1.54, 1.807) is 30.4 Å². The number of Topliss-reactive ketones (excluding diaryl/α,β-unsaturated/α-hetero) is 1. The smallest absolute Gasteiger partial charge is 0.237 e. The van der Waals surface area contributed by atoms with Gasteiger partial charge < -0.3 is 4.52 Å². The Balaban J connectivity index is 1.84. The van der Waals surface area contributed by atoms with Crippen molar-refractivity contribution in [2.75, 3.05) is 0 Å². The van der Waals surface area contributed by atoms with E-state index in [2.05, 4.69) is 10.1 Å². The van der Waals surface area contributed by atoms with E-state index in [0.717, 1.165) is 5.56 Å². The number of aromatic nitrogens is 2. The Labute approximate surface area is 120 Å². The summed E-state index contributed by atoms with van der Waals surface area (Å²) in [6.07, 6.45) is 0. The SMILES string of the molecule is CC(C(=O)c1ccccc1)c1nc(-c2ccsc2)no1. The van der Waals surface area contributed by atoms with Crippen LogP contribution in [0, 0.1) is 0 Å². The van der Waals surface area contributed by atoms with Crippen LogP contribution in [0.2, 0.25) is 0 Å². The van der Waals surface area contributed by atoms with Crippen LogP contribution in [0.25, 0.3) is 11.4 Å². The van der Waals surface area contributed by atoms with E-state index >= 15 is 0 Å². The van der Waals surface area contributed by atoms with Gasteiger partial charge in [-0.2, -0.15) is 16.3 Å². The van der Waals surface area contributed by atoms with Crippen molar-refractivity contribution < 1.29 is 9.32 Å². The first kappa shape index (κ1) is 12.7. The monoisotopic (exact) mass is 284 g/mol. The molecule has 20 heavy (non-hydrogen) atoms. The molecule has 3 aromatic rings. The van der Waals surface area contributed by atoms with E-state index in [0.29, 0.717) is 17.3 Å². The zero-order valence-corrected chi connectivity index (χ0v) is 11.6. The summed E-state index contributed by atoms with van der Waals surface area (Å²) >= 11 is 1.57. The second-order valence-corrected chi connectivity index (χ2v) is 5.20. The fourth-order valence-electron chi connectivity index (χ4n) is 1.88. The van der Waals surface area contributed by atoms with Crippen molar-refractivity contribution in [1.82, 2.24) is 10.1 Å². The minimum Gasteiger partial charge on any atom is -0.338 e. The molecule has 1 unspecified atom stereocenters. The summed E-state index contributed by atoms with van der Waals surface area (Å²) in [6, 6.07) is 11.0. The molecule has 0 aliphatic rings. The van der Waals surface area contributed by atoms with Crippen LogP contribution in [0.3, 0.4) is 0 Å². The van der Waals surface area contributed by atoms with Gasteiger partial charge in [-0.3, -0.25) is 4.79 Å². The van der Waals surface area contributed by atoms with Crippen LogP contribution >= 0.6 is 11.3 Å². The molecule has 0 spiro atoms. The summed E-state index contributed by atoms with van der Waals surface area (Å²) in [6.45, 7) is 1.78. The molecule has 0 amide bonds. The quantitative estimate of drug-likeness (QED) is 0.684. The Morgan fingerprint density at radius 3 is 2.75 bits per heavy atom. The van der Waals surface area contributed by atoms with E-state index < -0.39 is 5.92 Å². The van der Waals surface area contributed by atoms with Crippen LogP contribution in [0.5, 0.6) is 0 Å². The number of carbonyl (C=O) groups excluding carboxylic acids is 1. The van der Waals surface area contributed by atoms with Gasteiger partial charge >= 0.3 is 0 Å². The lowest BCUT2D eigenvalue weighted by atomic mass is 9.99. The van der Waals surface area contributed by atoms with Crippen molar-refractivity contribution in [3.8, 4) is 11.4 Å². The third-order valence-corrected chi connectivity index (χ3v) is 3.73. The summed E-state index contributed by atoms with van der Waals surface area (Å²) in [5.74, 6) is 0.400. The molecule has 0 fully saturated rings. The largest absolute Gasteiger partial charge is 0.338 e. The van der Waals surface area contributed by atoms with Gasteiger partial charge in [0.1, 0.15) is 0 Å². The topological polar surface area (TPSA) is 56.0 Å². The van der Waals surface area contributed by atoms with Crippen LogP contribution in [0.4, 0.5) is 0 Å². The molecule has 0 saturated heterocycles. The maximum atomic E-state index is 12.3. The molecule has 3 rings (SSSR count). The van der Waals surface area contributed by atoms with Gasteiger partial charge in [-0.25, -0.2) is 0 Å². The molecule has 1 atom stereocenters.